The smallest absolute Gasteiger partial charge is 0.107 e. The molecule has 4 heteroatoms. The van der Waals surface area contributed by atoms with E-state index < -0.39 is 35.2 Å². The number of rotatable bonds is 0. The molecule has 0 saturated heterocycles. The summed E-state index contributed by atoms with van der Waals surface area (Å²) in [7, 11) is 0. The lowest BCUT2D eigenvalue weighted by molar-refractivity contribution is -0.290. The molecular weight excluding hydrogens is 424 g/mol. The van der Waals surface area contributed by atoms with Crippen molar-refractivity contribution in [1.82, 2.24) is 0 Å². The molecule has 194 valence electrons. The molecule has 0 spiro atoms. The average molecular weight is 475 g/mol. The van der Waals surface area contributed by atoms with Crippen molar-refractivity contribution in [3.63, 3.8) is 0 Å². The molecule has 34 heavy (non-hydrogen) atoms. The third-order valence-corrected chi connectivity index (χ3v) is 13.5. The lowest BCUT2D eigenvalue weighted by Crippen LogP contribution is -2.73. The van der Waals surface area contributed by atoms with Gasteiger partial charge in [0.2, 0.25) is 0 Å². The molecule has 0 radical (unpaired) electrons. The molecule has 5 aliphatic carbocycles. The summed E-state index contributed by atoms with van der Waals surface area (Å²) >= 11 is 0. The van der Waals surface area contributed by atoms with Gasteiger partial charge < -0.3 is 20.4 Å². The highest BCUT2D eigenvalue weighted by Gasteiger charge is 2.73. The second-order valence-corrected chi connectivity index (χ2v) is 15.0. The Kier molecular flexibility index (Phi) is 5.44. The lowest BCUT2D eigenvalue weighted by Gasteiger charge is -2.73. The van der Waals surface area contributed by atoms with Crippen molar-refractivity contribution >= 4 is 0 Å². The van der Waals surface area contributed by atoms with Crippen molar-refractivity contribution in [1.29, 1.82) is 0 Å². The van der Waals surface area contributed by atoms with Crippen LogP contribution in [-0.2, 0) is 0 Å². The number of allylic oxidation sites excluding steroid dienone is 1. The Labute approximate surface area is 207 Å². The quantitative estimate of drug-likeness (QED) is 0.375. The summed E-state index contributed by atoms with van der Waals surface area (Å²) < 4.78 is 0. The molecular formula is C30H50O4. The standard InChI is InChI=1S/C30H50O4/c1-16-9-11-27(5)13-14-28(6)18(21(27)17(16)2)15-19(31)23-29(28,7)12-10-20-26(3,4)24(33)22(32)25(34)30(20,23)8/h15-17,19-25,31-34H,9-14H2,1-8H3/t16-,17+,19?,20?,21?,22+,23?,24+,25-,27-,28-,29-,30+/m1/s1. The first-order valence-electron chi connectivity index (χ1n) is 14.0. The number of hydrogen-bond acceptors (Lipinski definition) is 4. The van der Waals surface area contributed by atoms with Crippen LogP contribution in [0.25, 0.3) is 0 Å². The molecule has 0 bridgehead atoms. The van der Waals surface area contributed by atoms with Crippen molar-refractivity contribution in [2.24, 2.45) is 56.7 Å². The number of hydrogen-bond donors (Lipinski definition) is 4. The minimum Gasteiger partial charge on any atom is -0.390 e. The number of fused-ring (bicyclic) bond motifs is 7. The first-order valence-corrected chi connectivity index (χ1v) is 14.0. The van der Waals surface area contributed by atoms with Crippen LogP contribution in [0.4, 0.5) is 0 Å². The van der Waals surface area contributed by atoms with E-state index in [9.17, 15) is 20.4 Å². The van der Waals surface area contributed by atoms with E-state index in [4.69, 9.17) is 0 Å². The molecule has 4 saturated carbocycles. The molecule has 0 aromatic carbocycles. The van der Waals surface area contributed by atoms with Gasteiger partial charge in [0.25, 0.3) is 0 Å². The van der Waals surface area contributed by atoms with Crippen LogP contribution in [0.3, 0.4) is 0 Å². The van der Waals surface area contributed by atoms with Crippen LogP contribution in [0, 0.1) is 56.7 Å². The predicted molar refractivity (Wildman–Crippen MR) is 135 cm³/mol. The van der Waals surface area contributed by atoms with Gasteiger partial charge in [0.05, 0.1) is 18.3 Å². The van der Waals surface area contributed by atoms with E-state index in [1.54, 1.807) is 0 Å². The Morgan fingerprint density at radius 2 is 1.44 bits per heavy atom. The Bertz CT molecular complexity index is 881. The molecule has 0 aromatic rings. The zero-order valence-corrected chi connectivity index (χ0v) is 22.8. The molecule has 0 heterocycles. The van der Waals surface area contributed by atoms with Gasteiger partial charge in [-0.3, -0.25) is 0 Å². The maximum absolute atomic E-state index is 12.0. The second kappa shape index (κ2) is 7.33. The van der Waals surface area contributed by atoms with Crippen LogP contribution < -0.4 is 0 Å². The highest BCUT2D eigenvalue weighted by Crippen LogP contribution is 2.75. The van der Waals surface area contributed by atoms with E-state index in [1.807, 2.05) is 13.8 Å². The summed E-state index contributed by atoms with van der Waals surface area (Å²) in [6.45, 7) is 18.3. The monoisotopic (exact) mass is 474 g/mol. The Hall–Kier alpha value is -0.420. The molecule has 4 N–H and O–H groups in total. The molecule has 0 amide bonds. The van der Waals surface area contributed by atoms with E-state index >= 15 is 0 Å². The van der Waals surface area contributed by atoms with Crippen LogP contribution >= 0.6 is 0 Å². The highest BCUT2D eigenvalue weighted by atomic mass is 16.4. The van der Waals surface area contributed by atoms with Gasteiger partial charge in [0.1, 0.15) is 6.10 Å². The fourth-order valence-electron chi connectivity index (χ4n) is 11.0. The summed E-state index contributed by atoms with van der Waals surface area (Å²) in [6.07, 6.45) is 5.13. The topological polar surface area (TPSA) is 80.9 Å². The number of aliphatic hydroxyl groups excluding tert-OH is 4. The zero-order valence-electron chi connectivity index (χ0n) is 22.8. The molecule has 4 fully saturated rings. The van der Waals surface area contributed by atoms with Crippen molar-refractivity contribution in [2.75, 3.05) is 0 Å². The minimum atomic E-state index is -1.20. The van der Waals surface area contributed by atoms with Gasteiger partial charge in [0.15, 0.2) is 0 Å². The number of aliphatic hydroxyl groups is 4. The van der Waals surface area contributed by atoms with Gasteiger partial charge >= 0.3 is 0 Å². The average Bonchev–Trinajstić information content (AvgIpc) is 2.75. The Morgan fingerprint density at radius 3 is 2.09 bits per heavy atom. The molecule has 0 aromatic heterocycles. The minimum absolute atomic E-state index is 0.0298. The maximum Gasteiger partial charge on any atom is 0.107 e. The maximum atomic E-state index is 12.0. The fourth-order valence-corrected chi connectivity index (χ4v) is 11.0. The summed E-state index contributed by atoms with van der Waals surface area (Å²) in [5.41, 5.74) is 0.365. The van der Waals surface area contributed by atoms with Gasteiger partial charge in [-0.25, -0.2) is 0 Å². The van der Waals surface area contributed by atoms with Gasteiger partial charge in [-0.05, 0) is 83.9 Å². The van der Waals surface area contributed by atoms with Gasteiger partial charge in [0, 0.05) is 11.3 Å². The normalized spacial score (nSPS) is 60.8. The molecule has 4 unspecified atom stereocenters. The fraction of sp³-hybridized carbons (Fsp3) is 0.933. The molecule has 5 rings (SSSR count). The van der Waals surface area contributed by atoms with Crippen LogP contribution in [-0.4, -0.2) is 44.8 Å². The first kappa shape index (κ1) is 25.2. The van der Waals surface area contributed by atoms with Crippen LogP contribution in [0.15, 0.2) is 11.6 Å². The van der Waals surface area contributed by atoms with Crippen molar-refractivity contribution in [3.05, 3.63) is 11.6 Å². The first-order chi connectivity index (χ1) is 15.6. The zero-order chi connectivity index (χ0) is 25.2. The predicted octanol–water partition coefficient (Wildman–Crippen LogP) is 4.94. The molecule has 13 atom stereocenters. The summed E-state index contributed by atoms with van der Waals surface area (Å²) in [4.78, 5) is 0. The SMILES string of the molecule is C[C@@H]1CC[C@]2(C)CC[C@]3(C)C(=CC(O)C4[C@]5(C)C(CC[C@]43C)C(C)(C)[C@@H](O)[C@H](O)[C@H]5O)C2[C@H]1C. The van der Waals surface area contributed by atoms with Crippen molar-refractivity contribution in [2.45, 2.75) is 118 Å². The molecule has 5 aliphatic rings. The highest BCUT2D eigenvalue weighted by molar-refractivity contribution is 5.36. The van der Waals surface area contributed by atoms with Crippen molar-refractivity contribution in [3.8, 4) is 0 Å². The Balaban J connectivity index is 1.67. The van der Waals surface area contributed by atoms with E-state index in [0.717, 1.165) is 19.3 Å². The second-order valence-electron chi connectivity index (χ2n) is 15.0. The van der Waals surface area contributed by atoms with Crippen LogP contribution in [0.5, 0.6) is 0 Å². The van der Waals surface area contributed by atoms with E-state index in [0.29, 0.717) is 23.2 Å². The summed E-state index contributed by atoms with van der Waals surface area (Å²) in [6, 6.07) is 0. The third-order valence-electron chi connectivity index (χ3n) is 13.5. The lowest BCUT2D eigenvalue weighted by atomic mass is 9.32. The summed E-state index contributed by atoms with van der Waals surface area (Å²) in [5.74, 6) is 1.65. The van der Waals surface area contributed by atoms with E-state index in [-0.39, 0.29) is 22.7 Å². The van der Waals surface area contributed by atoms with E-state index in [2.05, 4.69) is 47.6 Å². The largest absolute Gasteiger partial charge is 0.390 e. The molecule has 4 nitrogen and oxygen atoms in total. The van der Waals surface area contributed by atoms with Gasteiger partial charge in [-0.2, -0.15) is 0 Å². The Morgan fingerprint density at radius 1 is 0.794 bits per heavy atom. The van der Waals surface area contributed by atoms with E-state index in [1.165, 1.54) is 24.8 Å². The van der Waals surface area contributed by atoms with Crippen molar-refractivity contribution < 1.29 is 20.4 Å². The van der Waals surface area contributed by atoms with Crippen LogP contribution in [0.2, 0.25) is 0 Å². The van der Waals surface area contributed by atoms with Gasteiger partial charge in [-0.15, -0.1) is 0 Å². The molecule has 0 aliphatic heterocycles. The third kappa shape index (κ3) is 2.75. The summed E-state index contributed by atoms with van der Waals surface area (Å²) in [5, 5.41) is 45.4. The van der Waals surface area contributed by atoms with Gasteiger partial charge in [-0.1, -0.05) is 67.0 Å². The van der Waals surface area contributed by atoms with Crippen LogP contribution in [0.1, 0.15) is 93.9 Å².